The molecule has 164 valence electrons. The topological polar surface area (TPSA) is 70.6 Å². The Morgan fingerprint density at radius 3 is 2.36 bits per heavy atom. The highest BCUT2D eigenvalue weighted by Crippen LogP contribution is 2.30. The molecule has 0 aliphatic rings. The van der Waals surface area contributed by atoms with Gasteiger partial charge in [0.15, 0.2) is 0 Å². The van der Waals surface area contributed by atoms with Crippen molar-refractivity contribution in [2.75, 3.05) is 4.90 Å². The highest BCUT2D eigenvalue weighted by Gasteiger charge is 2.16. The largest absolute Gasteiger partial charge is 0.347 e. The average Bonchev–Trinajstić information content (AvgIpc) is 3.40. The Bertz CT molecular complexity index is 1340. The van der Waals surface area contributed by atoms with Gasteiger partial charge < -0.3 is 9.88 Å². The van der Waals surface area contributed by atoms with Crippen LogP contribution in [0.5, 0.6) is 0 Å². The number of aromatic amines is 1. The molecule has 33 heavy (non-hydrogen) atoms. The van der Waals surface area contributed by atoms with Crippen molar-refractivity contribution in [3.05, 3.63) is 96.5 Å². The zero-order chi connectivity index (χ0) is 22.6. The Labute approximate surface area is 193 Å². The van der Waals surface area contributed by atoms with Gasteiger partial charge in [0, 0.05) is 47.8 Å². The predicted octanol–water partition coefficient (Wildman–Crippen LogP) is 5.88. The summed E-state index contributed by atoms with van der Waals surface area (Å²) in [6, 6.07) is 16.9. The molecule has 4 heterocycles. The maximum Gasteiger partial charge on any atom is 0.134 e. The Morgan fingerprint density at radius 2 is 1.67 bits per heavy atom. The smallest absolute Gasteiger partial charge is 0.134 e. The van der Waals surface area contributed by atoms with Gasteiger partial charge >= 0.3 is 0 Å². The Kier molecular flexibility index (Phi) is 5.81. The Morgan fingerprint density at radius 1 is 0.818 bits per heavy atom. The SMILES string of the molecule is CCc1cc(CC)cc(N(Cc2ncc[nH]2)c2ccc3ncc(-c4cccnc4)cc3n2)c1. The number of anilines is 2. The van der Waals surface area contributed by atoms with Gasteiger partial charge in [0.05, 0.1) is 17.6 Å². The molecule has 5 aromatic rings. The van der Waals surface area contributed by atoms with Gasteiger partial charge in [0.25, 0.3) is 0 Å². The van der Waals surface area contributed by atoms with Gasteiger partial charge in [0.2, 0.25) is 0 Å². The van der Waals surface area contributed by atoms with E-state index in [9.17, 15) is 0 Å². The number of nitrogens with one attached hydrogen (secondary N) is 1. The van der Waals surface area contributed by atoms with Crippen molar-refractivity contribution in [2.45, 2.75) is 33.2 Å². The van der Waals surface area contributed by atoms with Crippen molar-refractivity contribution in [1.82, 2.24) is 24.9 Å². The third-order valence-corrected chi connectivity index (χ3v) is 5.82. The summed E-state index contributed by atoms with van der Waals surface area (Å²) in [5, 5.41) is 0. The maximum absolute atomic E-state index is 5.03. The lowest BCUT2D eigenvalue weighted by atomic mass is 10.0. The first-order valence-corrected chi connectivity index (χ1v) is 11.3. The predicted molar refractivity (Wildman–Crippen MR) is 132 cm³/mol. The lowest BCUT2D eigenvalue weighted by Crippen LogP contribution is -2.19. The Hall–Kier alpha value is -4.06. The fourth-order valence-corrected chi connectivity index (χ4v) is 3.98. The highest BCUT2D eigenvalue weighted by molar-refractivity contribution is 5.82. The lowest BCUT2D eigenvalue weighted by molar-refractivity contribution is 0.880. The summed E-state index contributed by atoms with van der Waals surface area (Å²) in [6.07, 6.45) is 11.1. The minimum Gasteiger partial charge on any atom is -0.347 e. The van der Waals surface area contributed by atoms with E-state index < -0.39 is 0 Å². The number of H-pyrrole nitrogens is 1. The minimum absolute atomic E-state index is 0.595. The number of hydrogen-bond donors (Lipinski definition) is 1. The second-order valence-corrected chi connectivity index (χ2v) is 8.01. The van der Waals surface area contributed by atoms with Crippen molar-refractivity contribution in [3.63, 3.8) is 0 Å². The van der Waals surface area contributed by atoms with Crippen molar-refractivity contribution in [2.24, 2.45) is 0 Å². The third-order valence-electron chi connectivity index (χ3n) is 5.82. The van der Waals surface area contributed by atoms with Crippen molar-refractivity contribution in [3.8, 4) is 11.1 Å². The molecule has 0 saturated heterocycles. The molecular formula is C27H26N6. The summed E-state index contributed by atoms with van der Waals surface area (Å²) in [5.41, 5.74) is 7.48. The van der Waals surface area contributed by atoms with Crippen LogP contribution in [0, 0.1) is 0 Å². The van der Waals surface area contributed by atoms with Crippen LogP contribution in [0.1, 0.15) is 30.8 Å². The summed E-state index contributed by atoms with van der Waals surface area (Å²) >= 11 is 0. The molecule has 0 unspecified atom stereocenters. The van der Waals surface area contributed by atoms with Gasteiger partial charge in [-0.05, 0) is 60.4 Å². The average molecular weight is 435 g/mol. The third kappa shape index (κ3) is 4.46. The molecule has 1 N–H and O–H groups in total. The molecule has 1 aromatic carbocycles. The molecule has 0 atom stereocenters. The maximum atomic E-state index is 5.03. The quantitative estimate of drug-likeness (QED) is 0.346. The standard InChI is InChI=1S/C27H26N6/c1-3-19-12-20(4-2)14-23(13-19)33(18-26-29-10-11-30-26)27-8-7-24-25(32-27)15-22(17-31-24)21-6-5-9-28-16-21/h5-17H,3-4,18H2,1-2H3,(H,29,30). The first-order chi connectivity index (χ1) is 16.2. The number of fused-ring (bicyclic) bond motifs is 1. The van der Waals surface area contributed by atoms with Crippen molar-refractivity contribution >= 4 is 22.5 Å². The second kappa shape index (κ2) is 9.20. The summed E-state index contributed by atoms with van der Waals surface area (Å²) in [4.78, 5) is 23.8. The number of pyridine rings is 3. The number of benzene rings is 1. The molecule has 0 fully saturated rings. The van der Waals surface area contributed by atoms with Gasteiger partial charge in [-0.3, -0.25) is 9.97 Å². The van der Waals surface area contributed by atoms with Gasteiger partial charge in [-0.2, -0.15) is 0 Å². The molecule has 6 nitrogen and oxygen atoms in total. The van der Waals surface area contributed by atoms with Crippen LogP contribution in [-0.4, -0.2) is 24.9 Å². The molecule has 4 aromatic heterocycles. The fourth-order valence-electron chi connectivity index (χ4n) is 3.98. The van der Waals surface area contributed by atoms with E-state index in [1.54, 1.807) is 12.4 Å². The van der Waals surface area contributed by atoms with Crippen LogP contribution in [0.3, 0.4) is 0 Å². The van der Waals surface area contributed by atoms with Crippen LogP contribution >= 0.6 is 0 Å². The molecule has 0 bridgehead atoms. The Balaban J connectivity index is 1.62. The van der Waals surface area contributed by atoms with Crippen LogP contribution in [0.2, 0.25) is 0 Å². The first kappa shape index (κ1) is 20.8. The normalized spacial score (nSPS) is 11.1. The van der Waals surface area contributed by atoms with Gasteiger partial charge in [-0.15, -0.1) is 0 Å². The molecule has 0 spiro atoms. The summed E-state index contributed by atoms with van der Waals surface area (Å²) < 4.78 is 0. The van der Waals surface area contributed by atoms with E-state index in [-0.39, 0.29) is 0 Å². The fraction of sp³-hybridized carbons (Fsp3) is 0.185. The number of aryl methyl sites for hydroxylation is 2. The molecule has 0 amide bonds. The minimum atomic E-state index is 0.595. The number of rotatable bonds is 7. The number of hydrogen-bond acceptors (Lipinski definition) is 5. The van der Waals surface area contributed by atoms with E-state index in [1.807, 2.05) is 42.9 Å². The van der Waals surface area contributed by atoms with Gasteiger partial charge in [-0.25, -0.2) is 9.97 Å². The number of imidazole rings is 1. The van der Waals surface area contributed by atoms with Crippen LogP contribution in [0.4, 0.5) is 11.5 Å². The van der Waals surface area contributed by atoms with E-state index in [1.165, 1.54) is 11.1 Å². The molecule has 0 saturated carbocycles. The van der Waals surface area contributed by atoms with Crippen molar-refractivity contribution in [1.29, 1.82) is 0 Å². The molecule has 0 radical (unpaired) electrons. The van der Waals surface area contributed by atoms with Gasteiger partial charge in [-0.1, -0.05) is 26.0 Å². The van der Waals surface area contributed by atoms with Crippen molar-refractivity contribution < 1.29 is 0 Å². The van der Waals surface area contributed by atoms with Crippen LogP contribution in [-0.2, 0) is 19.4 Å². The lowest BCUT2D eigenvalue weighted by Gasteiger charge is -2.24. The zero-order valence-corrected chi connectivity index (χ0v) is 18.9. The van der Waals surface area contributed by atoms with E-state index in [0.29, 0.717) is 6.54 Å². The monoisotopic (exact) mass is 434 g/mol. The molecule has 0 aliphatic carbocycles. The van der Waals surface area contributed by atoms with E-state index in [4.69, 9.17) is 4.98 Å². The zero-order valence-electron chi connectivity index (χ0n) is 18.9. The first-order valence-electron chi connectivity index (χ1n) is 11.3. The van der Waals surface area contributed by atoms with Crippen LogP contribution in [0.15, 0.2) is 79.5 Å². The second-order valence-electron chi connectivity index (χ2n) is 8.01. The highest BCUT2D eigenvalue weighted by atomic mass is 15.2. The number of aromatic nitrogens is 5. The van der Waals surface area contributed by atoms with E-state index in [0.717, 1.165) is 52.3 Å². The summed E-state index contributed by atoms with van der Waals surface area (Å²) in [6.45, 7) is 4.97. The van der Waals surface area contributed by atoms with Gasteiger partial charge in [0.1, 0.15) is 11.6 Å². The molecular weight excluding hydrogens is 408 g/mol. The summed E-state index contributed by atoms with van der Waals surface area (Å²) in [5.74, 6) is 1.75. The molecule has 5 rings (SSSR count). The van der Waals surface area contributed by atoms with E-state index in [2.05, 4.69) is 62.9 Å². The van der Waals surface area contributed by atoms with Crippen LogP contribution < -0.4 is 4.90 Å². The number of nitrogens with zero attached hydrogens (tertiary/aromatic N) is 5. The molecule has 0 aliphatic heterocycles. The van der Waals surface area contributed by atoms with E-state index >= 15 is 0 Å². The summed E-state index contributed by atoms with van der Waals surface area (Å²) in [7, 11) is 0. The molecule has 6 heteroatoms. The van der Waals surface area contributed by atoms with Crippen LogP contribution in [0.25, 0.3) is 22.2 Å².